The largest absolute Gasteiger partial charge is 0.348 e. The van der Waals surface area contributed by atoms with Gasteiger partial charge in [-0.05, 0) is 37.5 Å². The fourth-order valence-electron chi connectivity index (χ4n) is 2.75. The molecule has 0 spiro atoms. The van der Waals surface area contributed by atoms with Crippen LogP contribution in [-0.4, -0.2) is 17.4 Å². The Morgan fingerprint density at radius 3 is 2.57 bits per heavy atom. The van der Waals surface area contributed by atoms with Crippen molar-refractivity contribution < 1.29 is 9.59 Å². The molecule has 1 fully saturated rings. The maximum atomic E-state index is 12.3. The lowest BCUT2D eigenvalue weighted by atomic mass is 9.97. The van der Waals surface area contributed by atoms with Gasteiger partial charge in [0.1, 0.15) is 0 Å². The van der Waals surface area contributed by atoms with Gasteiger partial charge in [-0.15, -0.1) is 0 Å². The van der Waals surface area contributed by atoms with Crippen LogP contribution in [0, 0.1) is 0 Å². The van der Waals surface area contributed by atoms with Crippen LogP contribution in [0.4, 0.5) is 5.69 Å². The summed E-state index contributed by atoms with van der Waals surface area (Å²) in [5.41, 5.74) is 7.10. The van der Waals surface area contributed by atoms with Gasteiger partial charge in [0, 0.05) is 12.6 Å². The Bertz CT molecular complexity index is 536. The second-order valence-corrected chi connectivity index (χ2v) is 5.87. The molecule has 1 aromatic carbocycles. The molecule has 2 amide bonds. The Morgan fingerprint density at radius 1 is 1.29 bits per heavy atom. The molecule has 0 bridgehead atoms. The van der Waals surface area contributed by atoms with Gasteiger partial charge >= 0.3 is 0 Å². The molecule has 0 radical (unpaired) electrons. The molecule has 5 nitrogen and oxygen atoms in total. The molecule has 1 saturated carbocycles. The zero-order chi connectivity index (χ0) is 15.5. The van der Waals surface area contributed by atoms with Crippen molar-refractivity contribution in [3.05, 3.63) is 29.8 Å². The van der Waals surface area contributed by atoms with E-state index in [4.69, 9.17) is 5.73 Å². The van der Waals surface area contributed by atoms with E-state index in [0.717, 1.165) is 36.9 Å². The van der Waals surface area contributed by atoms with E-state index in [-0.39, 0.29) is 17.9 Å². The average Bonchev–Trinajstić information content (AvgIpc) is 2.86. The smallest absolute Gasteiger partial charge is 0.240 e. The number of nitrogens with two attached hydrogens (primary N) is 1. The molecule has 1 aliphatic rings. The minimum Gasteiger partial charge on any atom is -0.348 e. The van der Waals surface area contributed by atoms with E-state index >= 15 is 0 Å². The zero-order valence-corrected chi connectivity index (χ0v) is 12.6. The number of carbonyl (C=O) groups is 2. The molecular formula is C16H23N3O2. The fraction of sp³-hybridized carbons (Fsp3) is 0.500. The van der Waals surface area contributed by atoms with Gasteiger partial charge in [-0.2, -0.15) is 0 Å². The van der Waals surface area contributed by atoms with Crippen molar-refractivity contribution in [3.8, 4) is 0 Å². The van der Waals surface area contributed by atoms with Gasteiger partial charge in [0.05, 0.1) is 11.6 Å². The lowest BCUT2D eigenvalue weighted by molar-refractivity contribution is -0.126. The van der Waals surface area contributed by atoms with E-state index in [1.54, 1.807) is 0 Å². The third-order valence-electron chi connectivity index (χ3n) is 4.00. The number of benzene rings is 1. The maximum Gasteiger partial charge on any atom is 0.240 e. The highest BCUT2D eigenvalue weighted by molar-refractivity contribution is 5.89. The number of rotatable bonds is 4. The van der Waals surface area contributed by atoms with Gasteiger partial charge in [0.15, 0.2) is 0 Å². The lowest BCUT2D eigenvalue weighted by Gasteiger charge is -2.25. The van der Waals surface area contributed by atoms with Crippen LogP contribution in [0.15, 0.2) is 24.3 Å². The first-order valence-corrected chi connectivity index (χ1v) is 7.38. The second-order valence-electron chi connectivity index (χ2n) is 5.87. The molecule has 0 heterocycles. The molecule has 4 N–H and O–H groups in total. The number of hydrogen-bond donors (Lipinski definition) is 3. The van der Waals surface area contributed by atoms with Crippen LogP contribution in [0.3, 0.4) is 0 Å². The SMILES string of the molecule is CC(=O)Nc1cccc(C(C)NC(=O)C2(N)CCCC2)c1. The van der Waals surface area contributed by atoms with Crippen LogP contribution in [-0.2, 0) is 9.59 Å². The summed E-state index contributed by atoms with van der Waals surface area (Å²) in [6, 6.07) is 7.32. The highest BCUT2D eigenvalue weighted by Gasteiger charge is 2.37. The van der Waals surface area contributed by atoms with Crippen molar-refractivity contribution >= 4 is 17.5 Å². The van der Waals surface area contributed by atoms with Crippen molar-refractivity contribution in [2.24, 2.45) is 5.73 Å². The predicted molar refractivity (Wildman–Crippen MR) is 82.7 cm³/mol. The van der Waals surface area contributed by atoms with Crippen LogP contribution in [0.5, 0.6) is 0 Å². The van der Waals surface area contributed by atoms with E-state index in [1.807, 2.05) is 31.2 Å². The predicted octanol–water partition coefficient (Wildman–Crippen LogP) is 2.09. The quantitative estimate of drug-likeness (QED) is 0.793. The summed E-state index contributed by atoms with van der Waals surface area (Å²) >= 11 is 0. The van der Waals surface area contributed by atoms with E-state index in [1.165, 1.54) is 6.92 Å². The molecule has 5 heteroatoms. The van der Waals surface area contributed by atoms with E-state index < -0.39 is 5.54 Å². The molecular weight excluding hydrogens is 266 g/mol. The zero-order valence-electron chi connectivity index (χ0n) is 12.6. The highest BCUT2D eigenvalue weighted by Crippen LogP contribution is 2.28. The Kier molecular flexibility index (Phi) is 4.63. The van der Waals surface area contributed by atoms with Crippen molar-refractivity contribution in [1.82, 2.24) is 5.32 Å². The standard InChI is InChI=1S/C16H23N3O2/c1-11(18-15(21)16(17)8-3-4-9-16)13-6-5-7-14(10-13)19-12(2)20/h5-7,10-11H,3-4,8-9,17H2,1-2H3,(H,18,21)(H,19,20). The Hall–Kier alpha value is -1.88. The summed E-state index contributed by atoms with van der Waals surface area (Å²) in [5, 5.41) is 5.72. The third-order valence-corrected chi connectivity index (χ3v) is 4.00. The molecule has 1 aromatic rings. The third kappa shape index (κ3) is 3.82. The topological polar surface area (TPSA) is 84.2 Å². The lowest BCUT2D eigenvalue weighted by Crippen LogP contribution is -2.52. The van der Waals surface area contributed by atoms with Crippen LogP contribution >= 0.6 is 0 Å². The number of hydrogen-bond acceptors (Lipinski definition) is 3. The Balaban J connectivity index is 2.04. The molecule has 1 aliphatic carbocycles. The average molecular weight is 289 g/mol. The molecule has 114 valence electrons. The molecule has 0 saturated heterocycles. The van der Waals surface area contributed by atoms with Crippen LogP contribution in [0.2, 0.25) is 0 Å². The van der Waals surface area contributed by atoms with Gasteiger partial charge in [-0.1, -0.05) is 25.0 Å². The van der Waals surface area contributed by atoms with Crippen molar-refractivity contribution in [1.29, 1.82) is 0 Å². The summed E-state index contributed by atoms with van der Waals surface area (Å²) in [4.78, 5) is 23.4. The van der Waals surface area contributed by atoms with Gasteiger partial charge in [0.25, 0.3) is 0 Å². The fourth-order valence-corrected chi connectivity index (χ4v) is 2.75. The van der Waals surface area contributed by atoms with Crippen molar-refractivity contribution in [2.75, 3.05) is 5.32 Å². The summed E-state index contributed by atoms with van der Waals surface area (Å²) < 4.78 is 0. The Labute approximate surface area is 125 Å². The minimum atomic E-state index is -0.719. The van der Waals surface area contributed by atoms with Crippen molar-refractivity contribution in [2.45, 2.75) is 51.1 Å². The van der Waals surface area contributed by atoms with Crippen LogP contribution < -0.4 is 16.4 Å². The van der Waals surface area contributed by atoms with Gasteiger partial charge in [-0.25, -0.2) is 0 Å². The number of anilines is 1. The minimum absolute atomic E-state index is 0.0857. The highest BCUT2D eigenvalue weighted by atomic mass is 16.2. The van der Waals surface area contributed by atoms with Gasteiger partial charge < -0.3 is 16.4 Å². The first kappa shape index (κ1) is 15.5. The van der Waals surface area contributed by atoms with Crippen molar-refractivity contribution in [3.63, 3.8) is 0 Å². The summed E-state index contributed by atoms with van der Waals surface area (Å²) in [6.45, 7) is 3.39. The maximum absolute atomic E-state index is 12.3. The monoisotopic (exact) mass is 289 g/mol. The van der Waals surface area contributed by atoms with Gasteiger partial charge in [0.2, 0.25) is 11.8 Å². The number of carbonyl (C=O) groups excluding carboxylic acids is 2. The summed E-state index contributed by atoms with van der Waals surface area (Å²) in [7, 11) is 0. The molecule has 1 unspecified atom stereocenters. The molecule has 1 atom stereocenters. The molecule has 0 aliphatic heterocycles. The summed E-state index contributed by atoms with van der Waals surface area (Å²) in [6.07, 6.45) is 3.52. The van der Waals surface area contributed by atoms with E-state index in [2.05, 4.69) is 10.6 Å². The van der Waals surface area contributed by atoms with E-state index in [9.17, 15) is 9.59 Å². The van der Waals surface area contributed by atoms with Crippen LogP contribution in [0.1, 0.15) is 51.1 Å². The molecule has 2 rings (SSSR count). The second kappa shape index (κ2) is 6.26. The normalized spacial score (nSPS) is 18.0. The number of nitrogens with one attached hydrogen (secondary N) is 2. The van der Waals surface area contributed by atoms with Gasteiger partial charge in [-0.3, -0.25) is 9.59 Å². The summed E-state index contributed by atoms with van der Waals surface area (Å²) in [5.74, 6) is -0.201. The van der Waals surface area contributed by atoms with E-state index in [0.29, 0.717) is 0 Å². The first-order chi connectivity index (χ1) is 9.90. The Morgan fingerprint density at radius 2 is 1.95 bits per heavy atom. The first-order valence-electron chi connectivity index (χ1n) is 7.38. The number of amides is 2. The molecule has 21 heavy (non-hydrogen) atoms. The van der Waals surface area contributed by atoms with Crippen LogP contribution in [0.25, 0.3) is 0 Å². The molecule has 0 aromatic heterocycles.